The van der Waals surface area contributed by atoms with Crippen molar-refractivity contribution >= 4 is 27.6 Å². The van der Waals surface area contributed by atoms with Gasteiger partial charge in [-0.2, -0.15) is 5.10 Å². The zero-order chi connectivity index (χ0) is 27.2. The summed E-state index contributed by atoms with van der Waals surface area (Å²) in [6, 6.07) is 25.3. The minimum Gasteiger partial charge on any atom is -0.495 e. The lowest BCUT2D eigenvalue weighted by Gasteiger charge is -2.09. The van der Waals surface area contributed by atoms with Crippen molar-refractivity contribution in [3.63, 3.8) is 0 Å². The van der Waals surface area contributed by atoms with Gasteiger partial charge >= 0.3 is 0 Å². The number of benzene rings is 3. The van der Waals surface area contributed by atoms with E-state index in [0.29, 0.717) is 34.7 Å². The molecule has 198 valence electrons. The number of nitrogens with zero attached hydrogens (tertiary/aromatic N) is 4. The fourth-order valence-corrected chi connectivity index (χ4v) is 5.18. The summed E-state index contributed by atoms with van der Waals surface area (Å²) in [5, 5.41) is 8.44. The van der Waals surface area contributed by atoms with Gasteiger partial charge < -0.3 is 10.1 Å². The molecule has 5 rings (SSSR count). The number of anilines is 1. The lowest BCUT2D eigenvalue weighted by atomic mass is 10.1. The predicted octanol–water partition coefficient (Wildman–Crippen LogP) is 5.05. The first-order valence-electron chi connectivity index (χ1n) is 12.1. The zero-order valence-corrected chi connectivity index (χ0v) is 22.5. The molecule has 9 nitrogen and oxygen atoms in total. The summed E-state index contributed by atoms with van der Waals surface area (Å²) < 4.78 is 34.7. The van der Waals surface area contributed by atoms with E-state index >= 15 is 0 Å². The van der Waals surface area contributed by atoms with Gasteiger partial charge in [-0.05, 0) is 42.5 Å². The van der Waals surface area contributed by atoms with Gasteiger partial charge in [0.1, 0.15) is 11.4 Å². The molecule has 0 spiro atoms. The van der Waals surface area contributed by atoms with Gasteiger partial charge in [0, 0.05) is 36.6 Å². The summed E-state index contributed by atoms with van der Waals surface area (Å²) in [6.07, 6.45) is 3.55. The van der Waals surface area contributed by atoms with Crippen molar-refractivity contribution in [1.29, 1.82) is 0 Å². The Balaban J connectivity index is 1.40. The average Bonchev–Trinajstić information content (AvgIpc) is 3.42. The highest BCUT2D eigenvalue weighted by Gasteiger charge is 2.18. The molecule has 2 heterocycles. The van der Waals surface area contributed by atoms with Crippen molar-refractivity contribution in [2.24, 2.45) is 0 Å². The van der Waals surface area contributed by atoms with E-state index in [1.165, 1.54) is 0 Å². The number of para-hydroxylation sites is 1. The molecule has 0 aliphatic heterocycles. The summed E-state index contributed by atoms with van der Waals surface area (Å²) in [7, 11) is -2.03. The SMILES string of the molecule is COc1cc(-c2nn(-c3ccccc3)cc2-c2ccnc(NCCNS(=O)(=O)c3ccccc3)n2)ccc1Cl. The molecule has 11 heteroatoms. The monoisotopic (exact) mass is 560 g/mol. The normalized spacial score (nSPS) is 11.3. The van der Waals surface area contributed by atoms with Gasteiger partial charge in [0.05, 0.1) is 28.4 Å². The van der Waals surface area contributed by atoms with Gasteiger partial charge in [0.2, 0.25) is 16.0 Å². The number of ether oxygens (including phenoxy) is 1. The van der Waals surface area contributed by atoms with Crippen LogP contribution in [-0.4, -0.2) is 48.4 Å². The van der Waals surface area contributed by atoms with Crippen LogP contribution in [0.2, 0.25) is 5.02 Å². The highest BCUT2D eigenvalue weighted by molar-refractivity contribution is 7.89. The van der Waals surface area contributed by atoms with E-state index in [0.717, 1.165) is 16.8 Å². The van der Waals surface area contributed by atoms with Gasteiger partial charge in [0.25, 0.3) is 0 Å². The van der Waals surface area contributed by atoms with Crippen LogP contribution in [-0.2, 0) is 10.0 Å². The number of nitrogens with one attached hydrogen (secondary N) is 2. The lowest BCUT2D eigenvalue weighted by molar-refractivity contribution is 0.415. The maximum Gasteiger partial charge on any atom is 0.240 e. The summed E-state index contributed by atoms with van der Waals surface area (Å²) in [5.74, 6) is 0.899. The minimum absolute atomic E-state index is 0.159. The third-order valence-electron chi connectivity index (χ3n) is 5.84. The molecule has 39 heavy (non-hydrogen) atoms. The van der Waals surface area contributed by atoms with Crippen LogP contribution in [0.25, 0.3) is 28.2 Å². The molecule has 0 aliphatic rings. The Hall–Kier alpha value is -4.25. The second kappa shape index (κ2) is 11.6. The van der Waals surface area contributed by atoms with Gasteiger partial charge in [-0.3, -0.25) is 0 Å². The maximum atomic E-state index is 12.4. The van der Waals surface area contributed by atoms with E-state index in [4.69, 9.17) is 21.4 Å². The van der Waals surface area contributed by atoms with E-state index in [1.54, 1.807) is 60.5 Å². The molecule has 0 radical (unpaired) electrons. The van der Waals surface area contributed by atoms with Gasteiger partial charge in [-0.25, -0.2) is 27.8 Å². The standard InChI is InChI=1S/C28H25ClN6O3S/c1-38-26-18-20(12-13-24(26)29)27-23(19-35(34-27)21-8-4-2-5-9-21)25-14-15-30-28(33-25)31-16-17-32-39(36,37)22-10-6-3-7-11-22/h2-15,18-19,32H,16-17H2,1H3,(H,30,31,33). The molecule has 5 aromatic rings. The van der Waals surface area contributed by atoms with Gasteiger partial charge in [-0.15, -0.1) is 0 Å². The Bertz CT molecular complexity index is 1680. The Morgan fingerprint density at radius 1 is 0.949 bits per heavy atom. The maximum absolute atomic E-state index is 12.4. The van der Waals surface area contributed by atoms with Crippen molar-refractivity contribution in [3.8, 4) is 34.0 Å². The van der Waals surface area contributed by atoms with Crippen molar-refractivity contribution in [3.05, 3.63) is 102 Å². The second-order valence-electron chi connectivity index (χ2n) is 8.42. The number of methoxy groups -OCH3 is 1. The molecule has 0 unspecified atom stereocenters. The molecule has 3 aromatic carbocycles. The number of aromatic nitrogens is 4. The molecule has 0 aliphatic carbocycles. The minimum atomic E-state index is -3.60. The smallest absolute Gasteiger partial charge is 0.240 e. The number of rotatable bonds is 10. The molecular formula is C28H25ClN6O3S. The number of hydrogen-bond acceptors (Lipinski definition) is 7. The highest BCUT2D eigenvalue weighted by Crippen LogP contribution is 2.35. The predicted molar refractivity (Wildman–Crippen MR) is 152 cm³/mol. The average molecular weight is 561 g/mol. The van der Waals surface area contributed by atoms with E-state index in [2.05, 4.69) is 20.0 Å². The molecule has 0 amide bonds. The van der Waals surface area contributed by atoms with E-state index in [1.807, 2.05) is 48.7 Å². The zero-order valence-electron chi connectivity index (χ0n) is 21.0. The van der Waals surface area contributed by atoms with Crippen LogP contribution >= 0.6 is 11.6 Å². The molecule has 2 N–H and O–H groups in total. The Morgan fingerprint density at radius 2 is 1.69 bits per heavy atom. The number of halogens is 1. The first-order chi connectivity index (χ1) is 18.9. The van der Waals surface area contributed by atoms with Crippen LogP contribution in [0.4, 0.5) is 5.95 Å². The van der Waals surface area contributed by atoms with Crippen molar-refractivity contribution in [1.82, 2.24) is 24.5 Å². The van der Waals surface area contributed by atoms with Crippen LogP contribution in [0.1, 0.15) is 0 Å². The number of sulfonamides is 1. The highest BCUT2D eigenvalue weighted by atomic mass is 35.5. The van der Waals surface area contributed by atoms with Crippen LogP contribution in [0.3, 0.4) is 0 Å². The van der Waals surface area contributed by atoms with Crippen LogP contribution in [0, 0.1) is 0 Å². The van der Waals surface area contributed by atoms with E-state index < -0.39 is 10.0 Å². The largest absolute Gasteiger partial charge is 0.495 e. The van der Waals surface area contributed by atoms with Crippen molar-refractivity contribution in [2.45, 2.75) is 4.90 Å². The summed E-state index contributed by atoms with van der Waals surface area (Å²) in [5.41, 5.74) is 3.81. The van der Waals surface area contributed by atoms with Crippen LogP contribution in [0.5, 0.6) is 5.75 Å². The molecule has 0 bridgehead atoms. The van der Waals surface area contributed by atoms with Crippen molar-refractivity contribution < 1.29 is 13.2 Å². The third-order valence-corrected chi connectivity index (χ3v) is 7.63. The molecule has 2 aromatic heterocycles. The Morgan fingerprint density at radius 3 is 2.44 bits per heavy atom. The van der Waals surface area contributed by atoms with E-state index in [-0.39, 0.29) is 11.4 Å². The summed E-state index contributed by atoms with van der Waals surface area (Å²) >= 11 is 6.26. The topological polar surface area (TPSA) is 111 Å². The summed E-state index contributed by atoms with van der Waals surface area (Å²) in [4.78, 5) is 9.19. The quantitative estimate of drug-likeness (QED) is 0.230. The van der Waals surface area contributed by atoms with Crippen LogP contribution < -0.4 is 14.8 Å². The summed E-state index contributed by atoms with van der Waals surface area (Å²) in [6.45, 7) is 0.451. The van der Waals surface area contributed by atoms with Crippen molar-refractivity contribution in [2.75, 3.05) is 25.5 Å². The number of hydrogen-bond donors (Lipinski definition) is 2. The Kier molecular flexibility index (Phi) is 7.87. The molecule has 0 saturated carbocycles. The fraction of sp³-hybridized carbons (Fsp3) is 0.107. The first-order valence-corrected chi connectivity index (χ1v) is 13.9. The van der Waals surface area contributed by atoms with Gasteiger partial charge in [0.15, 0.2) is 0 Å². The Labute approximate surface area is 231 Å². The third kappa shape index (κ3) is 6.09. The second-order valence-corrected chi connectivity index (χ2v) is 10.6. The molecule has 0 fully saturated rings. The fourth-order valence-electron chi connectivity index (χ4n) is 3.93. The van der Waals surface area contributed by atoms with Crippen LogP contribution in [0.15, 0.2) is 102 Å². The lowest BCUT2D eigenvalue weighted by Crippen LogP contribution is -2.29. The van der Waals surface area contributed by atoms with E-state index in [9.17, 15) is 8.42 Å². The molecular weight excluding hydrogens is 536 g/mol. The van der Waals surface area contributed by atoms with Gasteiger partial charge in [-0.1, -0.05) is 54.1 Å². The molecule has 0 saturated heterocycles. The molecule has 0 atom stereocenters. The first kappa shape index (κ1) is 26.4.